The van der Waals surface area contributed by atoms with E-state index in [4.69, 9.17) is 0 Å². The number of rotatable bonds is 8. The number of thiophene rings is 1. The van der Waals surface area contributed by atoms with E-state index >= 15 is 0 Å². The monoisotopic (exact) mass is 478 g/mol. The molecule has 2 heterocycles. The van der Waals surface area contributed by atoms with E-state index in [1.54, 1.807) is 11.3 Å². The third kappa shape index (κ3) is 8.40. The van der Waals surface area contributed by atoms with E-state index in [0.29, 0.717) is 18.9 Å². The Morgan fingerprint density at radius 2 is 2.12 bits per heavy atom. The van der Waals surface area contributed by atoms with Crippen LogP contribution in [0.4, 0.5) is 0 Å². The van der Waals surface area contributed by atoms with E-state index in [1.165, 1.54) is 4.88 Å². The van der Waals surface area contributed by atoms with Gasteiger partial charge in [0.15, 0.2) is 5.96 Å². The first-order valence-corrected chi connectivity index (χ1v) is 9.89. The molecule has 0 aliphatic carbocycles. The summed E-state index contributed by atoms with van der Waals surface area (Å²) in [5.74, 6) is 1.57. The molecule has 1 atom stereocenters. The lowest BCUT2D eigenvalue weighted by Gasteiger charge is -2.16. The lowest BCUT2D eigenvalue weighted by atomic mass is 10.1. The number of nitrogens with zero attached hydrogens (tertiary/aromatic N) is 2. The number of aliphatic imine (C=N–C) groups is 1. The van der Waals surface area contributed by atoms with Gasteiger partial charge in [0.2, 0.25) is 5.91 Å². The summed E-state index contributed by atoms with van der Waals surface area (Å²) in [6, 6.07) is 4.28. The molecule has 2 rings (SSSR count). The number of halogens is 1. The maximum Gasteiger partial charge on any atom is 0.224 e. The number of nitrogens with one attached hydrogen (secondary N) is 2. The number of amides is 1. The first kappa shape index (κ1) is 22.2. The van der Waals surface area contributed by atoms with Crippen LogP contribution in [0.1, 0.15) is 38.0 Å². The second-order valence-electron chi connectivity index (χ2n) is 6.37. The molecule has 25 heavy (non-hydrogen) atoms. The smallest absolute Gasteiger partial charge is 0.224 e. The van der Waals surface area contributed by atoms with Crippen molar-refractivity contribution in [1.82, 2.24) is 15.5 Å². The highest BCUT2D eigenvalue weighted by Crippen LogP contribution is 2.14. The van der Waals surface area contributed by atoms with Crippen molar-refractivity contribution in [2.75, 3.05) is 32.7 Å². The zero-order valence-corrected chi connectivity index (χ0v) is 18.4. The maximum absolute atomic E-state index is 12.1. The molecule has 1 aromatic heterocycles. The molecule has 1 fully saturated rings. The van der Waals surface area contributed by atoms with Crippen LogP contribution >= 0.6 is 35.3 Å². The molecule has 1 aliphatic rings. The van der Waals surface area contributed by atoms with Crippen LogP contribution in [0.5, 0.6) is 0 Å². The predicted octanol–water partition coefficient (Wildman–Crippen LogP) is 3.11. The van der Waals surface area contributed by atoms with Crippen molar-refractivity contribution >= 4 is 47.2 Å². The minimum absolute atomic E-state index is 0. The highest BCUT2D eigenvalue weighted by atomic mass is 127. The molecule has 1 saturated heterocycles. The van der Waals surface area contributed by atoms with E-state index in [1.807, 2.05) is 4.90 Å². The summed E-state index contributed by atoms with van der Waals surface area (Å²) in [4.78, 5) is 20.1. The first-order chi connectivity index (χ1) is 11.7. The molecule has 1 amide bonds. The van der Waals surface area contributed by atoms with Gasteiger partial charge in [-0.05, 0) is 43.6 Å². The molecule has 7 heteroatoms. The van der Waals surface area contributed by atoms with Gasteiger partial charge in [0.05, 0.1) is 0 Å². The van der Waals surface area contributed by atoms with Gasteiger partial charge in [0.1, 0.15) is 0 Å². The van der Waals surface area contributed by atoms with Crippen molar-refractivity contribution in [3.05, 3.63) is 22.4 Å². The third-order valence-corrected chi connectivity index (χ3v) is 5.02. The molecular weight excluding hydrogens is 447 g/mol. The molecule has 0 spiro atoms. The average Bonchev–Trinajstić information content (AvgIpc) is 3.26. The summed E-state index contributed by atoms with van der Waals surface area (Å²) in [6.45, 7) is 8.38. The predicted molar refractivity (Wildman–Crippen MR) is 117 cm³/mol. The number of carbonyl (C=O) groups is 1. The minimum Gasteiger partial charge on any atom is -0.357 e. The summed E-state index contributed by atoms with van der Waals surface area (Å²) in [5.41, 5.74) is 0. The van der Waals surface area contributed by atoms with E-state index in [0.717, 1.165) is 51.4 Å². The quantitative estimate of drug-likeness (QED) is 0.343. The second-order valence-corrected chi connectivity index (χ2v) is 7.41. The topological polar surface area (TPSA) is 56.7 Å². The summed E-state index contributed by atoms with van der Waals surface area (Å²) in [6.07, 6.45) is 3.89. The van der Waals surface area contributed by atoms with Crippen molar-refractivity contribution in [1.29, 1.82) is 0 Å². The van der Waals surface area contributed by atoms with Gasteiger partial charge in [-0.3, -0.25) is 9.79 Å². The first-order valence-electron chi connectivity index (χ1n) is 9.01. The summed E-state index contributed by atoms with van der Waals surface area (Å²) >= 11 is 1.80. The Kier molecular flexibility index (Phi) is 11.1. The molecule has 1 unspecified atom stereocenters. The number of guanidine groups is 1. The van der Waals surface area contributed by atoms with E-state index < -0.39 is 0 Å². The Hall–Kier alpha value is -0.830. The Morgan fingerprint density at radius 3 is 2.76 bits per heavy atom. The minimum atomic E-state index is 0. The summed E-state index contributed by atoms with van der Waals surface area (Å²) < 4.78 is 0. The lowest BCUT2D eigenvalue weighted by molar-refractivity contribution is -0.129. The number of hydrogen-bond acceptors (Lipinski definition) is 3. The van der Waals surface area contributed by atoms with Gasteiger partial charge in [0, 0.05) is 44.0 Å². The van der Waals surface area contributed by atoms with Crippen molar-refractivity contribution in [3.8, 4) is 0 Å². The number of hydrogen-bond donors (Lipinski definition) is 2. The Balaban J connectivity index is 0.00000312. The number of carbonyl (C=O) groups excluding carboxylic acids is 1. The summed E-state index contributed by atoms with van der Waals surface area (Å²) in [5, 5.41) is 8.66. The highest BCUT2D eigenvalue weighted by Gasteiger charge is 2.17. The molecule has 2 N–H and O–H groups in total. The fourth-order valence-corrected chi connectivity index (χ4v) is 3.71. The van der Waals surface area contributed by atoms with Crippen LogP contribution in [0.15, 0.2) is 22.5 Å². The van der Waals surface area contributed by atoms with Crippen molar-refractivity contribution in [2.24, 2.45) is 10.9 Å². The van der Waals surface area contributed by atoms with Crippen LogP contribution in [0, 0.1) is 5.92 Å². The fraction of sp³-hybridized carbons (Fsp3) is 0.667. The Bertz CT molecular complexity index is 515. The molecule has 0 bridgehead atoms. The molecule has 142 valence electrons. The van der Waals surface area contributed by atoms with Crippen LogP contribution in [0.2, 0.25) is 0 Å². The van der Waals surface area contributed by atoms with Crippen LogP contribution in [0.25, 0.3) is 0 Å². The van der Waals surface area contributed by atoms with E-state index in [-0.39, 0.29) is 29.9 Å². The van der Waals surface area contributed by atoms with Crippen LogP contribution in [-0.4, -0.2) is 49.5 Å². The molecule has 0 radical (unpaired) electrons. The van der Waals surface area contributed by atoms with Crippen molar-refractivity contribution < 1.29 is 4.79 Å². The molecule has 1 aromatic rings. The van der Waals surface area contributed by atoms with E-state index in [9.17, 15) is 4.79 Å². The van der Waals surface area contributed by atoms with Crippen LogP contribution < -0.4 is 10.6 Å². The van der Waals surface area contributed by atoms with Gasteiger partial charge in [-0.1, -0.05) is 13.0 Å². The van der Waals surface area contributed by atoms with Gasteiger partial charge < -0.3 is 15.5 Å². The molecular formula is C18H31IN4OS. The van der Waals surface area contributed by atoms with Crippen LogP contribution in [0.3, 0.4) is 0 Å². The average molecular weight is 478 g/mol. The Labute approximate surface area is 172 Å². The van der Waals surface area contributed by atoms with Crippen LogP contribution in [-0.2, 0) is 11.2 Å². The van der Waals surface area contributed by atoms with Crippen molar-refractivity contribution in [2.45, 2.75) is 39.5 Å². The fourth-order valence-electron chi connectivity index (χ4n) is 2.84. The largest absolute Gasteiger partial charge is 0.357 e. The molecule has 1 aliphatic heterocycles. The third-order valence-electron chi connectivity index (χ3n) is 4.13. The lowest BCUT2D eigenvalue weighted by Crippen LogP contribution is -2.40. The van der Waals surface area contributed by atoms with E-state index in [2.05, 4.69) is 47.0 Å². The zero-order valence-electron chi connectivity index (χ0n) is 15.3. The molecule has 0 aromatic carbocycles. The van der Waals surface area contributed by atoms with Gasteiger partial charge in [0.25, 0.3) is 0 Å². The molecule has 5 nitrogen and oxygen atoms in total. The highest BCUT2D eigenvalue weighted by molar-refractivity contribution is 14.0. The van der Waals surface area contributed by atoms with Gasteiger partial charge >= 0.3 is 0 Å². The maximum atomic E-state index is 12.1. The van der Waals surface area contributed by atoms with Gasteiger partial charge in [-0.2, -0.15) is 0 Å². The van der Waals surface area contributed by atoms with Gasteiger partial charge in [-0.25, -0.2) is 0 Å². The Morgan fingerprint density at radius 1 is 1.36 bits per heavy atom. The number of likely N-dealkylation sites (tertiary alicyclic amines) is 1. The van der Waals surface area contributed by atoms with Crippen molar-refractivity contribution in [3.63, 3.8) is 0 Å². The SMILES string of the molecule is CCNC(=NCC(C)Cc1cccs1)NCCC(=O)N1CCCC1.I. The zero-order chi connectivity index (χ0) is 17.2. The second kappa shape index (κ2) is 12.5. The molecule has 0 saturated carbocycles. The normalized spacial score (nSPS) is 15.6. The summed E-state index contributed by atoms with van der Waals surface area (Å²) in [7, 11) is 0. The standard InChI is InChI=1S/C18H30N4OS.HI/c1-3-19-18(20-9-8-17(23)22-10-4-5-11-22)21-14-15(2)13-16-7-6-12-24-16;/h6-7,12,15H,3-5,8-11,13-14H2,1-2H3,(H2,19,20,21);1H. The van der Waals surface area contributed by atoms with Gasteiger partial charge in [-0.15, -0.1) is 35.3 Å².